The molecule has 4 nitrogen and oxygen atoms in total. The lowest BCUT2D eigenvalue weighted by Crippen LogP contribution is -1.94. The van der Waals surface area contributed by atoms with E-state index in [0.29, 0.717) is 0 Å². The molecule has 0 radical (unpaired) electrons. The minimum absolute atomic E-state index is 0.272. The second-order valence-electron chi connectivity index (χ2n) is 4.36. The molecule has 0 unspecified atom stereocenters. The van der Waals surface area contributed by atoms with Crippen LogP contribution in [0.4, 0.5) is 0 Å². The minimum atomic E-state index is -0.931. The van der Waals surface area contributed by atoms with Crippen LogP contribution in [0.5, 0.6) is 5.75 Å². The van der Waals surface area contributed by atoms with Crippen LogP contribution in [0.15, 0.2) is 40.9 Å². The molecule has 0 saturated heterocycles. The molecule has 0 bridgehead atoms. The molecule has 1 aromatic heterocycles. The van der Waals surface area contributed by atoms with Gasteiger partial charge < -0.3 is 9.84 Å². The van der Waals surface area contributed by atoms with Crippen LogP contribution in [-0.4, -0.2) is 23.2 Å². The van der Waals surface area contributed by atoms with Crippen LogP contribution in [0.1, 0.15) is 10.4 Å². The first-order chi connectivity index (χ1) is 10.1. The smallest absolute Gasteiger partial charge is 0.335 e. The van der Waals surface area contributed by atoms with E-state index in [0.717, 1.165) is 31.0 Å². The fourth-order valence-corrected chi connectivity index (χ4v) is 3.52. The Balaban J connectivity index is 2.08. The van der Waals surface area contributed by atoms with Crippen molar-refractivity contribution >= 4 is 43.5 Å². The van der Waals surface area contributed by atoms with Crippen LogP contribution in [0.2, 0.25) is 0 Å². The molecule has 0 aliphatic rings. The predicted octanol–water partition coefficient (Wildman–Crippen LogP) is 4.43. The molecule has 0 fully saturated rings. The van der Waals surface area contributed by atoms with Crippen LogP contribution >= 0.6 is 27.3 Å². The van der Waals surface area contributed by atoms with E-state index in [1.807, 2.05) is 18.2 Å². The summed E-state index contributed by atoms with van der Waals surface area (Å²) in [5, 5.41) is 9.87. The lowest BCUT2D eigenvalue weighted by molar-refractivity contribution is 0.0697. The van der Waals surface area contributed by atoms with E-state index >= 15 is 0 Å². The number of aromatic nitrogens is 1. The summed E-state index contributed by atoms with van der Waals surface area (Å²) in [5.74, 6) is -0.174. The van der Waals surface area contributed by atoms with Gasteiger partial charge in [-0.05, 0) is 52.3 Å². The molecule has 0 spiro atoms. The SMILES string of the molecule is COc1ccc(-c2nc3ccc(C(=O)O)cc3s2)cc1Br. The highest BCUT2D eigenvalue weighted by Crippen LogP contribution is 2.34. The first-order valence-corrected chi connectivity index (χ1v) is 7.67. The summed E-state index contributed by atoms with van der Waals surface area (Å²) in [4.78, 5) is 15.5. The lowest BCUT2D eigenvalue weighted by atomic mass is 10.2. The van der Waals surface area contributed by atoms with Crippen molar-refractivity contribution in [3.8, 4) is 16.3 Å². The Bertz CT molecular complexity index is 844. The van der Waals surface area contributed by atoms with Gasteiger partial charge in [0.05, 0.1) is 27.4 Å². The molecular formula is C15H10BrNO3S. The van der Waals surface area contributed by atoms with Crippen LogP contribution in [0.25, 0.3) is 20.8 Å². The molecule has 1 heterocycles. The standard InChI is InChI=1S/C15H10BrNO3S/c1-20-12-5-3-8(6-10(12)16)14-17-11-4-2-9(15(18)19)7-13(11)21-14/h2-7H,1H3,(H,18,19). The van der Waals surface area contributed by atoms with Gasteiger partial charge in [-0.2, -0.15) is 0 Å². The van der Waals surface area contributed by atoms with Crippen LogP contribution in [-0.2, 0) is 0 Å². The topological polar surface area (TPSA) is 59.4 Å². The number of hydrogen-bond acceptors (Lipinski definition) is 4. The summed E-state index contributed by atoms with van der Waals surface area (Å²) in [6, 6.07) is 10.7. The third-order valence-electron chi connectivity index (χ3n) is 3.03. The average molecular weight is 364 g/mol. The second kappa shape index (κ2) is 5.46. The van der Waals surface area contributed by atoms with E-state index in [4.69, 9.17) is 9.84 Å². The Labute approximate surface area is 133 Å². The number of fused-ring (bicyclic) bond motifs is 1. The summed E-state index contributed by atoms with van der Waals surface area (Å²) in [6.45, 7) is 0. The second-order valence-corrected chi connectivity index (χ2v) is 6.24. The Kier molecular flexibility index (Phi) is 3.65. The van der Waals surface area contributed by atoms with Gasteiger partial charge in [0.1, 0.15) is 10.8 Å². The Morgan fingerprint density at radius 3 is 2.76 bits per heavy atom. The molecule has 106 valence electrons. The maximum absolute atomic E-state index is 11.0. The quantitative estimate of drug-likeness (QED) is 0.747. The number of ether oxygens (including phenoxy) is 1. The van der Waals surface area contributed by atoms with E-state index in [1.54, 1.807) is 25.3 Å². The van der Waals surface area contributed by atoms with Gasteiger partial charge in [0.15, 0.2) is 0 Å². The summed E-state index contributed by atoms with van der Waals surface area (Å²) in [7, 11) is 1.62. The number of benzene rings is 2. The monoisotopic (exact) mass is 363 g/mol. The third kappa shape index (κ3) is 2.64. The molecule has 0 aliphatic heterocycles. The van der Waals surface area contributed by atoms with Crippen molar-refractivity contribution in [2.75, 3.05) is 7.11 Å². The molecule has 6 heteroatoms. The first-order valence-electron chi connectivity index (χ1n) is 6.06. The number of hydrogen-bond donors (Lipinski definition) is 1. The maximum atomic E-state index is 11.0. The molecule has 0 amide bonds. The fourth-order valence-electron chi connectivity index (χ4n) is 1.98. The summed E-state index contributed by atoms with van der Waals surface area (Å²) in [6.07, 6.45) is 0. The van der Waals surface area contributed by atoms with Crippen molar-refractivity contribution < 1.29 is 14.6 Å². The molecule has 1 N–H and O–H groups in total. The van der Waals surface area contributed by atoms with Crippen molar-refractivity contribution in [1.82, 2.24) is 4.98 Å². The van der Waals surface area contributed by atoms with E-state index in [-0.39, 0.29) is 5.56 Å². The van der Waals surface area contributed by atoms with E-state index < -0.39 is 5.97 Å². The molecule has 0 aliphatic carbocycles. The molecule has 3 rings (SSSR count). The highest BCUT2D eigenvalue weighted by molar-refractivity contribution is 9.10. The average Bonchev–Trinajstić information content (AvgIpc) is 2.89. The number of methoxy groups -OCH3 is 1. The van der Waals surface area contributed by atoms with Crippen LogP contribution in [0.3, 0.4) is 0 Å². The van der Waals surface area contributed by atoms with E-state index in [2.05, 4.69) is 20.9 Å². The van der Waals surface area contributed by atoms with Gasteiger partial charge in [-0.25, -0.2) is 9.78 Å². The largest absolute Gasteiger partial charge is 0.496 e. The van der Waals surface area contributed by atoms with Crippen molar-refractivity contribution in [2.45, 2.75) is 0 Å². The number of carboxylic acids is 1. The van der Waals surface area contributed by atoms with E-state index in [9.17, 15) is 4.79 Å². The Hall–Kier alpha value is -1.92. The normalized spacial score (nSPS) is 10.8. The van der Waals surface area contributed by atoms with Crippen molar-refractivity contribution in [3.63, 3.8) is 0 Å². The molecular weight excluding hydrogens is 354 g/mol. The third-order valence-corrected chi connectivity index (χ3v) is 4.72. The van der Waals surface area contributed by atoms with Crippen LogP contribution < -0.4 is 4.74 Å². The Morgan fingerprint density at radius 2 is 2.10 bits per heavy atom. The molecule has 3 aromatic rings. The molecule has 21 heavy (non-hydrogen) atoms. The van der Waals surface area contributed by atoms with Crippen molar-refractivity contribution in [3.05, 3.63) is 46.4 Å². The van der Waals surface area contributed by atoms with Gasteiger partial charge in [0.2, 0.25) is 0 Å². The van der Waals surface area contributed by atoms with Crippen molar-refractivity contribution in [1.29, 1.82) is 0 Å². The summed E-state index contributed by atoms with van der Waals surface area (Å²) in [5.41, 5.74) is 2.03. The summed E-state index contributed by atoms with van der Waals surface area (Å²) < 4.78 is 6.92. The minimum Gasteiger partial charge on any atom is -0.496 e. The van der Waals surface area contributed by atoms with E-state index in [1.165, 1.54) is 11.3 Å². The number of thiazole rings is 1. The highest BCUT2D eigenvalue weighted by atomic mass is 79.9. The number of halogens is 1. The van der Waals surface area contributed by atoms with Crippen molar-refractivity contribution in [2.24, 2.45) is 0 Å². The fraction of sp³-hybridized carbons (Fsp3) is 0.0667. The molecule has 0 saturated carbocycles. The molecule has 0 atom stereocenters. The zero-order valence-corrected chi connectivity index (χ0v) is 13.4. The first kappa shape index (κ1) is 14.0. The summed E-state index contributed by atoms with van der Waals surface area (Å²) >= 11 is 4.92. The van der Waals surface area contributed by atoms with Gasteiger partial charge in [0, 0.05) is 5.56 Å². The zero-order chi connectivity index (χ0) is 15.0. The van der Waals surface area contributed by atoms with Gasteiger partial charge in [-0.3, -0.25) is 0 Å². The Morgan fingerprint density at radius 1 is 1.29 bits per heavy atom. The zero-order valence-electron chi connectivity index (χ0n) is 11.0. The maximum Gasteiger partial charge on any atom is 0.335 e. The number of aromatic carboxylic acids is 1. The number of carbonyl (C=O) groups is 1. The number of nitrogens with zero attached hydrogens (tertiary/aromatic N) is 1. The molecule has 2 aromatic carbocycles. The highest BCUT2D eigenvalue weighted by Gasteiger charge is 2.11. The predicted molar refractivity (Wildman–Crippen MR) is 86.3 cm³/mol. The van der Waals surface area contributed by atoms with Crippen LogP contribution in [0, 0.1) is 0 Å². The van der Waals surface area contributed by atoms with Gasteiger partial charge in [0.25, 0.3) is 0 Å². The van der Waals surface area contributed by atoms with Gasteiger partial charge in [-0.1, -0.05) is 0 Å². The van der Waals surface area contributed by atoms with Gasteiger partial charge >= 0.3 is 5.97 Å². The lowest BCUT2D eigenvalue weighted by Gasteiger charge is -2.03. The van der Waals surface area contributed by atoms with Gasteiger partial charge in [-0.15, -0.1) is 11.3 Å². The number of rotatable bonds is 3. The number of carboxylic acid groups (broad SMARTS) is 1.